The van der Waals surface area contributed by atoms with E-state index in [-0.39, 0.29) is 0 Å². The number of hydrogen-bond donors (Lipinski definition) is 0. The minimum Gasteiger partial charge on any atom is -0.408 e. The van der Waals surface area contributed by atoms with Crippen molar-refractivity contribution >= 4 is 18.2 Å². The van der Waals surface area contributed by atoms with Gasteiger partial charge in [0.05, 0.1) is 0 Å². The van der Waals surface area contributed by atoms with Gasteiger partial charge in [-0.3, -0.25) is 0 Å². The largest absolute Gasteiger partial charge is 0.493 e. The van der Waals surface area contributed by atoms with Crippen LogP contribution in [0.3, 0.4) is 0 Å². The Morgan fingerprint density at radius 1 is 0.667 bits per heavy atom. The van der Waals surface area contributed by atoms with Crippen LogP contribution >= 0.6 is 18.2 Å². The van der Waals surface area contributed by atoms with E-state index < -0.39 is 6.80 Å². The fourth-order valence-corrected chi connectivity index (χ4v) is 5.18. The summed E-state index contributed by atoms with van der Waals surface area (Å²) in [5.74, 6) is 1.59. The van der Waals surface area contributed by atoms with E-state index in [1.165, 1.54) is 11.4 Å². The molecule has 0 spiro atoms. The summed E-state index contributed by atoms with van der Waals surface area (Å²) >= 11 is 1.18. The standard InChI is InChI=1S/C19H17O3PS/c20-23(21-18-12-6-2-7-13-18,22-19-14-8-3-9-15-19)24-16-17-10-4-1-5-11-17/h1-15H,16H2. The van der Waals surface area contributed by atoms with Gasteiger partial charge in [0, 0.05) is 5.75 Å². The van der Waals surface area contributed by atoms with Crippen molar-refractivity contribution in [2.24, 2.45) is 0 Å². The second kappa shape index (κ2) is 8.09. The van der Waals surface area contributed by atoms with Crippen LogP contribution in [0.1, 0.15) is 5.56 Å². The molecule has 0 fully saturated rings. The second-order valence-corrected chi connectivity index (χ2v) is 8.94. The normalized spacial score (nSPS) is 11.0. The van der Waals surface area contributed by atoms with Gasteiger partial charge in [-0.1, -0.05) is 66.7 Å². The van der Waals surface area contributed by atoms with Gasteiger partial charge >= 0.3 is 6.80 Å². The van der Waals surface area contributed by atoms with Gasteiger partial charge in [-0.15, -0.1) is 0 Å². The predicted octanol–water partition coefficient (Wildman–Crippen LogP) is 6.19. The van der Waals surface area contributed by atoms with Gasteiger partial charge in [0.1, 0.15) is 11.5 Å². The third-order valence-corrected chi connectivity index (χ3v) is 6.58. The highest BCUT2D eigenvalue weighted by Crippen LogP contribution is 2.60. The lowest BCUT2D eigenvalue weighted by atomic mass is 10.2. The van der Waals surface area contributed by atoms with Crippen molar-refractivity contribution in [3.8, 4) is 11.5 Å². The van der Waals surface area contributed by atoms with Gasteiger partial charge in [0.15, 0.2) is 0 Å². The van der Waals surface area contributed by atoms with Crippen molar-refractivity contribution in [2.75, 3.05) is 0 Å². The molecule has 3 rings (SSSR count). The van der Waals surface area contributed by atoms with Crippen molar-refractivity contribution in [1.82, 2.24) is 0 Å². The van der Waals surface area contributed by atoms with Crippen LogP contribution in [-0.2, 0) is 10.3 Å². The van der Waals surface area contributed by atoms with Gasteiger partial charge < -0.3 is 9.05 Å². The summed E-state index contributed by atoms with van der Waals surface area (Å²) < 4.78 is 24.7. The molecule has 3 aromatic rings. The van der Waals surface area contributed by atoms with E-state index in [4.69, 9.17) is 9.05 Å². The molecule has 0 saturated heterocycles. The Kier molecular flexibility index (Phi) is 5.63. The Morgan fingerprint density at radius 2 is 1.08 bits per heavy atom. The zero-order chi connectivity index (χ0) is 16.7. The van der Waals surface area contributed by atoms with Crippen molar-refractivity contribution in [3.63, 3.8) is 0 Å². The molecule has 5 heteroatoms. The van der Waals surface area contributed by atoms with E-state index >= 15 is 0 Å². The molecule has 0 unspecified atom stereocenters. The van der Waals surface area contributed by atoms with Crippen molar-refractivity contribution in [2.45, 2.75) is 5.75 Å². The van der Waals surface area contributed by atoms with E-state index in [1.807, 2.05) is 66.7 Å². The molecule has 0 radical (unpaired) electrons. The molecule has 24 heavy (non-hydrogen) atoms. The average molecular weight is 356 g/mol. The lowest BCUT2D eigenvalue weighted by Gasteiger charge is -2.19. The fourth-order valence-electron chi connectivity index (χ4n) is 2.02. The summed E-state index contributed by atoms with van der Waals surface area (Å²) in [6, 6.07) is 28.0. The lowest BCUT2D eigenvalue weighted by Crippen LogP contribution is -1.98. The van der Waals surface area contributed by atoms with Gasteiger partial charge in [-0.2, -0.15) is 0 Å². The molecule has 0 bridgehead atoms. The molecule has 0 aromatic heterocycles. The fraction of sp³-hybridized carbons (Fsp3) is 0.0526. The first-order valence-electron chi connectivity index (χ1n) is 7.51. The predicted molar refractivity (Wildman–Crippen MR) is 99.5 cm³/mol. The maximum Gasteiger partial charge on any atom is 0.493 e. The van der Waals surface area contributed by atoms with Crippen LogP contribution in [0.25, 0.3) is 0 Å². The first kappa shape index (κ1) is 16.7. The molecule has 0 amide bonds. The Balaban J connectivity index is 1.78. The number of rotatable bonds is 7. The van der Waals surface area contributed by atoms with Crippen LogP contribution in [-0.4, -0.2) is 0 Å². The molecular formula is C19H17O3PS. The van der Waals surface area contributed by atoms with Crippen LogP contribution in [0.5, 0.6) is 11.5 Å². The lowest BCUT2D eigenvalue weighted by molar-refractivity contribution is 0.408. The van der Waals surface area contributed by atoms with Gasteiger partial charge in [-0.05, 0) is 41.2 Å². The highest BCUT2D eigenvalue weighted by molar-refractivity contribution is 8.54. The first-order valence-corrected chi connectivity index (χ1v) is 10.6. The Bertz CT molecular complexity index is 749. The van der Waals surface area contributed by atoms with Gasteiger partial charge in [0.25, 0.3) is 0 Å². The number of para-hydroxylation sites is 2. The third-order valence-electron chi connectivity index (χ3n) is 3.15. The van der Waals surface area contributed by atoms with Crippen LogP contribution < -0.4 is 9.05 Å². The number of benzene rings is 3. The SMILES string of the molecule is O=P(Oc1ccccc1)(Oc1ccccc1)SCc1ccccc1. The summed E-state index contributed by atoms with van der Waals surface area (Å²) in [6.45, 7) is -3.41. The summed E-state index contributed by atoms with van der Waals surface area (Å²) in [5.41, 5.74) is 1.07. The monoisotopic (exact) mass is 356 g/mol. The molecule has 0 N–H and O–H groups in total. The van der Waals surface area contributed by atoms with Crippen LogP contribution in [0.15, 0.2) is 91.0 Å². The van der Waals surface area contributed by atoms with E-state index in [1.54, 1.807) is 24.3 Å². The summed E-state index contributed by atoms with van der Waals surface area (Å²) in [5, 5.41) is 0. The van der Waals surface area contributed by atoms with E-state index in [2.05, 4.69) is 0 Å². The molecule has 0 saturated carbocycles. The zero-order valence-electron chi connectivity index (χ0n) is 12.9. The van der Waals surface area contributed by atoms with E-state index in [0.29, 0.717) is 17.3 Å². The Morgan fingerprint density at radius 3 is 1.54 bits per heavy atom. The molecule has 0 aliphatic carbocycles. The quantitative estimate of drug-likeness (QED) is 0.473. The second-order valence-electron chi connectivity index (χ2n) is 5.01. The Labute approximate surface area is 145 Å². The summed E-state index contributed by atoms with van der Waals surface area (Å²) in [6.07, 6.45) is 0. The van der Waals surface area contributed by atoms with E-state index in [9.17, 15) is 4.57 Å². The average Bonchev–Trinajstić information content (AvgIpc) is 2.63. The minimum absolute atomic E-state index is 0.525. The molecule has 0 aliphatic rings. The smallest absolute Gasteiger partial charge is 0.408 e. The van der Waals surface area contributed by atoms with Crippen molar-refractivity contribution in [3.05, 3.63) is 96.6 Å². The van der Waals surface area contributed by atoms with E-state index in [0.717, 1.165) is 5.56 Å². The molecule has 3 aromatic carbocycles. The summed E-state index contributed by atoms with van der Waals surface area (Å²) in [4.78, 5) is 0. The molecular weight excluding hydrogens is 339 g/mol. The third kappa shape index (κ3) is 4.92. The molecule has 0 atom stereocenters. The topological polar surface area (TPSA) is 35.5 Å². The highest BCUT2D eigenvalue weighted by Gasteiger charge is 2.29. The van der Waals surface area contributed by atoms with Crippen LogP contribution in [0, 0.1) is 0 Å². The zero-order valence-corrected chi connectivity index (χ0v) is 14.7. The van der Waals surface area contributed by atoms with Crippen LogP contribution in [0.2, 0.25) is 0 Å². The Hall–Kier alpha value is -2.16. The first-order chi connectivity index (χ1) is 11.7. The maximum absolute atomic E-state index is 13.2. The molecule has 0 heterocycles. The van der Waals surface area contributed by atoms with Crippen molar-refractivity contribution in [1.29, 1.82) is 0 Å². The number of hydrogen-bond acceptors (Lipinski definition) is 4. The molecule has 0 aliphatic heterocycles. The molecule has 122 valence electrons. The molecule has 3 nitrogen and oxygen atoms in total. The maximum atomic E-state index is 13.2. The highest BCUT2D eigenvalue weighted by atomic mass is 32.7. The van der Waals surface area contributed by atoms with Crippen LogP contribution in [0.4, 0.5) is 0 Å². The van der Waals surface area contributed by atoms with Gasteiger partial charge in [0.2, 0.25) is 0 Å². The van der Waals surface area contributed by atoms with Gasteiger partial charge in [-0.25, -0.2) is 4.57 Å². The minimum atomic E-state index is -3.41. The van der Waals surface area contributed by atoms with Crippen molar-refractivity contribution < 1.29 is 13.6 Å². The summed E-state index contributed by atoms with van der Waals surface area (Å²) in [7, 11) is 0.